The summed E-state index contributed by atoms with van der Waals surface area (Å²) in [6.45, 7) is 3.08. The molecule has 2 aliphatic rings. The van der Waals surface area contributed by atoms with Gasteiger partial charge in [-0.05, 0) is 25.0 Å². The van der Waals surface area contributed by atoms with Crippen molar-refractivity contribution in [2.24, 2.45) is 5.92 Å². The molecule has 2 heterocycles. The second-order valence-corrected chi connectivity index (χ2v) is 6.84. The van der Waals surface area contributed by atoms with Crippen molar-refractivity contribution in [1.29, 1.82) is 0 Å². The summed E-state index contributed by atoms with van der Waals surface area (Å²) in [4.78, 5) is 14.3. The van der Waals surface area contributed by atoms with Gasteiger partial charge in [-0.15, -0.1) is 0 Å². The lowest BCUT2D eigenvalue weighted by Gasteiger charge is -2.34. The van der Waals surface area contributed by atoms with Crippen LogP contribution in [0.15, 0.2) is 18.2 Å². The SMILES string of the molecule is O=C(CCOc1ccc(Cl)c(Cl)c1)N1CCCC(C2OCCO2)C1. The molecule has 0 aromatic heterocycles. The normalized spacial score (nSPS) is 21.9. The van der Waals surface area contributed by atoms with Crippen LogP contribution in [0.1, 0.15) is 19.3 Å². The molecule has 3 rings (SSSR count). The Morgan fingerprint density at radius 3 is 2.79 bits per heavy atom. The minimum atomic E-state index is -0.159. The van der Waals surface area contributed by atoms with E-state index >= 15 is 0 Å². The lowest BCUT2D eigenvalue weighted by atomic mass is 9.97. The summed E-state index contributed by atoms with van der Waals surface area (Å²) in [5.74, 6) is 0.973. The molecule has 7 heteroatoms. The van der Waals surface area contributed by atoms with Crippen molar-refractivity contribution in [3.05, 3.63) is 28.2 Å². The van der Waals surface area contributed by atoms with E-state index in [1.807, 2.05) is 4.90 Å². The monoisotopic (exact) mass is 373 g/mol. The molecule has 5 nitrogen and oxygen atoms in total. The lowest BCUT2D eigenvalue weighted by Crippen LogP contribution is -2.44. The first-order valence-electron chi connectivity index (χ1n) is 8.22. The third kappa shape index (κ3) is 4.54. The molecule has 1 atom stereocenters. The molecule has 0 radical (unpaired) electrons. The van der Waals surface area contributed by atoms with Crippen molar-refractivity contribution in [3.63, 3.8) is 0 Å². The summed E-state index contributed by atoms with van der Waals surface area (Å²) in [5.41, 5.74) is 0. The van der Waals surface area contributed by atoms with E-state index in [0.717, 1.165) is 19.4 Å². The first kappa shape index (κ1) is 17.8. The van der Waals surface area contributed by atoms with Gasteiger partial charge in [0.2, 0.25) is 5.91 Å². The molecule has 0 spiro atoms. The molecule has 1 unspecified atom stereocenters. The van der Waals surface area contributed by atoms with E-state index in [0.29, 0.717) is 48.6 Å². The molecular weight excluding hydrogens is 353 g/mol. The molecule has 2 fully saturated rings. The van der Waals surface area contributed by atoms with E-state index in [9.17, 15) is 4.79 Å². The lowest BCUT2D eigenvalue weighted by molar-refractivity contribution is -0.139. The molecule has 2 saturated heterocycles. The second kappa shape index (κ2) is 8.39. The highest BCUT2D eigenvalue weighted by molar-refractivity contribution is 6.42. The average Bonchev–Trinajstić information content (AvgIpc) is 3.13. The number of carbonyl (C=O) groups excluding carboxylic acids is 1. The van der Waals surface area contributed by atoms with Crippen molar-refractivity contribution in [2.75, 3.05) is 32.9 Å². The highest BCUT2D eigenvalue weighted by Gasteiger charge is 2.32. The first-order chi connectivity index (χ1) is 11.6. The van der Waals surface area contributed by atoms with E-state index in [4.69, 9.17) is 37.4 Å². The van der Waals surface area contributed by atoms with Crippen LogP contribution >= 0.6 is 23.2 Å². The fourth-order valence-electron chi connectivity index (χ4n) is 3.09. The van der Waals surface area contributed by atoms with Gasteiger partial charge in [0.05, 0.1) is 36.3 Å². The van der Waals surface area contributed by atoms with Crippen LogP contribution in [-0.2, 0) is 14.3 Å². The molecule has 0 saturated carbocycles. The van der Waals surface area contributed by atoms with Gasteiger partial charge in [-0.3, -0.25) is 4.79 Å². The molecule has 24 heavy (non-hydrogen) atoms. The Balaban J connectivity index is 1.44. The number of benzene rings is 1. The molecule has 1 aromatic carbocycles. The first-order valence-corrected chi connectivity index (χ1v) is 8.98. The predicted octanol–water partition coefficient (Wildman–Crippen LogP) is 3.37. The number of halogens is 2. The van der Waals surface area contributed by atoms with E-state index in [2.05, 4.69) is 0 Å². The maximum Gasteiger partial charge on any atom is 0.226 e. The fraction of sp³-hybridized carbons (Fsp3) is 0.588. The van der Waals surface area contributed by atoms with Gasteiger partial charge < -0.3 is 19.1 Å². The van der Waals surface area contributed by atoms with Gasteiger partial charge in [0, 0.05) is 25.1 Å². The maximum atomic E-state index is 12.4. The third-order valence-electron chi connectivity index (χ3n) is 4.32. The smallest absolute Gasteiger partial charge is 0.226 e. The average molecular weight is 374 g/mol. The van der Waals surface area contributed by atoms with Crippen molar-refractivity contribution >= 4 is 29.1 Å². The predicted molar refractivity (Wildman–Crippen MR) is 91.6 cm³/mol. The van der Waals surface area contributed by atoms with Crippen LogP contribution in [0.3, 0.4) is 0 Å². The summed E-state index contributed by atoms with van der Waals surface area (Å²) in [6, 6.07) is 5.07. The molecule has 132 valence electrons. The van der Waals surface area contributed by atoms with E-state index in [-0.39, 0.29) is 18.1 Å². The van der Waals surface area contributed by atoms with Crippen molar-refractivity contribution in [2.45, 2.75) is 25.6 Å². The summed E-state index contributed by atoms with van der Waals surface area (Å²) < 4.78 is 16.7. The van der Waals surface area contributed by atoms with E-state index < -0.39 is 0 Å². The molecule has 2 aliphatic heterocycles. The maximum absolute atomic E-state index is 12.4. The van der Waals surface area contributed by atoms with Crippen LogP contribution in [0.4, 0.5) is 0 Å². The molecule has 1 amide bonds. The van der Waals surface area contributed by atoms with Crippen molar-refractivity contribution in [3.8, 4) is 5.75 Å². The third-order valence-corrected chi connectivity index (χ3v) is 5.06. The van der Waals surface area contributed by atoms with Crippen LogP contribution in [0.25, 0.3) is 0 Å². The molecule has 1 aromatic rings. The Morgan fingerprint density at radius 1 is 1.25 bits per heavy atom. The van der Waals surface area contributed by atoms with Gasteiger partial charge in [0.25, 0.3) is 0 Å². The van der Waals surface area contributed by atoms with Crippen molar-refractivity contribution in [1.82, 2.24) is 4.90 Å². The standard InChI is InChI=1S/C17H21Cl2NO4/c18-14-4-3-13(10-15(14)19)22-7-5-16(21)20-6-1-2-12(11-20)17-23-8-9-24-17/h3-4,10,12,17H,1-2,5-9,11H2. The van der Waals surface area contributed by atoms with Crippen LogP contribution in [0.5, 0.6) is 5.75 Å². The number of rotatable bonds is 5. The van der Waals surface area contributed by atoms with Gasteiger partial charge >= 0.3 is 0 Å². The van der Waals surface area contributed by atoms with Gasteiger partial charge in [0.1, 0.15) is 5.75 Å². The molecule has 0 N–H and O–H groups in total. The number of piperidine rings is 1. The number of nitrogens with zero attached hydrogens (tertiary/aromatic N) is 1. The van der Waals surface area contributed by atoms with E-state index in [1.54, 1.807) is 18.2 Å². The largest absolute Gasteiger partial charge is 0.493 e. The quantitative estimate of drug-likeness (QED) is 0.793. The van der Waals surface area contributed by atoms with E-state index in [1.165, 1.54) is 0 Å². The Kier molecular flexibility index (Phi) is 6.22. The van der Waals surface area contributed by atoms with Gasteiger partial charge in [-0.2, -0.15) is 0 Å². The molecular formula is C17H21Cl2NO4. The van der Waals surface area contributed by atoms with Crippen LogP contribution < -0.4 is 4.74 Å². The summed E-state index contributed by atoms with van der Waals surface area (Å²) >= 11 is 11.8. The van der Waals surface area contributed by atoms with Crippen LogP contribution in [0.2, 0.25) is 10.0 Å². The van der Waals surface area contributed by atoms with Crippen LogP contribution in [0, 0.1) is 5.92 Å². The van der Waals surface area contributed by atoms with Crippen LogP contribution in [-0.4, -0.2) is 50.0 Å². The van der Waals surface area contributed by atoms with Gasteiger partial charge in [-0.25, -0.2) is 0 Å². The Bertz CT molecular complexity index is 578. The summed E-state index contributed by atoms with van der Waals surface area (Å²) in [7, 11) is 0. The zero-order valence-corrected chi connectivity index (χ0v) is 14.9. The molecule has 0 bridgehead atoms. The van der Waals surface area contributed by atoms with Gasteiger partial charge in [0.15, 0.2) is 6.29 Å². The van der Waals surface area contributed by atoms with Crippen molar-refractivity contribution < 1.29 is 19.0 Å². The number of amides is 1. The van der Waals surface area contributed by atoms with Gasteiger partial charge in [-0.1, -0.05) is 23.2 Å². The minimum Gasteiger partial charge on any atom is -0.493 e. The highest BCUT2D eigenvalue weighted by Crippen LogP contribution is 2.27. The number of ether oxygens (including phenoxy) is 3. The zero-order valence-electron chi connectivity index (χ0n) is 13.4. The Morgan fingerprint density at radius 2 is 2.04 bits per heavy atom. The fourth-order valence-corrected chi connectivity index (χ4v) is 3.38. The number of likely N-dealkylation sites (tertiary alicyclic amines) is 1. The zero-order chi connectivity index (χ0) is 16.9. The topological polar surface area (TPSA) is 48.0 Å². The highest BCUT2D eigenvalue weighted by atomic mass is 35.5. The number of carbonyl (C=O) groups is 1. The number of hydrogen-bond acceptors (Lipinski definition) is 4. The number of hydrogen-bond donors (Lipinski definition) is 0. The second-order valence-electron chi connectivity index (χ2n) is 6.03. The summed E-state index contributed by atoms with van der Waals surface area (Å²) in [6.07, 6.45) is 2.19. The minimum absolute atomic E-state index is 0.0951. The Hall–Kier alpha value is -1.01. The molecule has 0 aliphatic carbocycles. The summed E-state index contributed by atoms with van der Waals surface area (Å²) in [5, 5.41) is 0.923. The Labute approximate surface area is 151 Å².